The molecule has 0 aromatic rings. The highest BCUT2D eigenvalue weighted by Gasteiger charge is 2.13. The van der Waals surface area contributed by atoms with E-state index in [9.17, 15) is 0 Å². The third-order valence-electron chi connectivity index (χ3n) is 3.14. The second-order valence-electron chi connectivity index (χ2n) is 4.71. The Balaban J connectivity index is 1.78. The quantitative estimate of drug-likeness (QED) is 0.438. The molecule has 0 aromatic carbocycles. The molecular weight excluding hydrogens is 200 g/mol. The first-order chi connectivity index (χ1) is 7.93. The first kappa shape index (κ1) is 13.7. The maximum absolute atomic E-state index is 5.27. The van der Waals surface area contributed by atoms with Crippen LogP contribution in [0.25, 0.3) is 0 Å². The van der Waals surface area contributed by atoms with E-state index in [2.05, 4.69) is 6.58 Å². The topological polar surface area (TPSA) is 18.5 Å². The SMILES string of the molecule is C=CCCCCCCCCC1COCOC1. The van der Waals surface area contributed by atoms with Gasteiger partial charge >= 0.3 is 0 Å². The molecule has 0 saturated carbocycles. The summed E-state index contributed by atoms with van der Waals surface area (Å²) in [5.74, 6) is 0.648. The Hall–Kier alpha value is -0.340. The third-order valence-corrected chi connectivity index (χ3v) is 3.14. The van der Waals surface area contributed by atoms with Gasteiger partial charge < -0.3 is 9.47 Å². The van der Waals surface area contributed by atoms with Crippen LogP contribution < -0.4 is 0 Å². The van der Waals surface area contributed by atoms with Gasteiger partial charge in [0.1, 0.15) is 6.79 Å². The van der Waals surface area contributed by atoms with Crippen LogP contribution in [0.2, 0.25) is 0 Å². The van der Waals surface area contributed by atoms with E-state index >= 15 is 0 Å². The molecule has 2 nitrogen and oxygen atoms in total. The van der Waals surface area contributed by atoms with Crippen molar-refractivity contribution in [3.05, 3.63) is 12.7 Å². The molecule has 16 heavy (non-hydrogen) atoms. The van der Waals surface area contributed by atoms with Crippen molar-refractivity contribution < 1.29 is 9.47 Å². The van der Waals surface area contributed by atoms with Crippen LogP contribution >= 0.6 is 0 Å². The summed E-state index contributed by atoms with van der Waals surface area (Å²) in [6.07, 6.45) is 12.6. The predicted molar refractivity (Wildman–Crippen MR) is 67.4 cm³/mol. The minimum absolute atomic E-state index is 0.500. The van der Waals surface area contributed by atoms with Crippen molar-refractivity contribution in [1.82, 2.24) is 0 Å². The van der Waals surface area contributed by atoms with Crippen LogP contribution in [0, 0.1) is 5.92 Å². The minimum Gasteiger partial charge on any atom is -0.355 e. The number of ether oxygens (including phenoxy) is 2. The molecule has 2 heteroatoms. The highest BCUT2D eigenvalue weighted by Crippen LogP contribution is 2.15. The summed E-state index contributed by atoms with van der Waals surface area (Å²) < 4.78 is 10.5. The van der Waals surface area contributed by atoms with Crippen molar-refractivity contribution in [2.45, 2.75) is 51.4 Å². The Morgan fingerprint density at radius 3 is 2.25 bits per heavy atom. The largest absolute Gasteiger partial charge is 0.355 e. The molecule has 1 heterocycles. The first-order valence-corrected chi connectivity index (χ1v) is 6.70. The van der Waals surface area contributed by atoms with Crippen LogP contribution in [0.4, 0.5) is 0 Å². The first-order valence-electron chi connectivity index (χ1n) is 6.70. The van der Waals surface area contributed by atoms with Crippen LogP contribution in [0.15, 0.2) is 12.7 Å². The summed E-state index contributed by atoms with van der Waals surface area (Å²) in [6, 6.07) is 0. The van der Waals surface area contributed by atoms with Gasteiger partial charge in [0.15, 0.2) is 0 Å². The summed E-state index contributed by atoms with van der Waals surface area (Å²) in [7, 11) is 0. The van der Waals surface area contributed by atoms with Gasteiger partial charge in [-0.1, -0.05) is 38.2 Å². The maximum Gasteiger partial charge on any atom is 0.146 e. The number of hydrogen-bond acceptors (Lipinski definition) is 2. The van der Waals surface area contributed by atoms with Gasteiger partial charge in [-0.2, -0.15) is 0 Å². The van der Waals surface area contributed by atoms with E-state index in [0.717, 1.165) is 13.2 Å². The molecule has 1 saturated heterocycles. The van der Waals surface area contributed by atoms with E-state index in [4.69, 9.17) is 9.47 Å². The van der Waals surface area contributed by atoms with Crippen molar-refractivity contribution >= 4 is 0 Å². The molecule has 94 valence electrons. The summed E-state index contributed by atoms with van der Waals surface area (Å²) in [4.78, 5) is 0. The van der Waals surface area contributed by atoms with Crippen LogP contribution in [0.5, 0.6) is 0 Å². The fraction of sp³-hybridized carbons (Fsp3) is 0.857. The summed E-state index contributed by atoms with van der Waals surface area (Å²) >= 11 is 0. The van der Waals surface area contributed by atoms with Crippen molar-refractivity contribution in [3.63, 3.8) is 0 Å². The van der Waals surface area contributed by atoms with Gasteiger partial charge in [-0.05, 0) is 19.3 Å². The zero-order chi connectivity index (χ0) is 11.5. The number of hydrogen-bond donors (Lipinski definition) is 0. The average molecular weight is 226 g/mol. The zero-order valence-electron chi connectivity index (χ0n) is 10.5. The molecule has 1 aliphatic heterocycles. The van der Waals surface area contributed by atoms with Gasteiger partial charge in [0, 0.05) is 5.92 Å². The number of allylic oxidation sites excluding steroid dienone is 1. The Kier molecular flexibility index (Phi) is 8.45. The van der Waals surface area contributed by atoms with Crippen molar-refractivity contribution in [2.24, 2.45) is 5.92 Å². The van der Waals surface area contributed by atoms with Crippen molar-refractivity contribution in [1.29, 1.82) is 0 Å². The summed E-state index contributed by atoms with van der Waals surface area (Å²) in [5, 5.41) is 0. The van der Waals surface area contributed by atoms with Crippen LogP contribution in [-0.2, 0) is 9.47 Å². The van der Waals surface area contributed by atoms with Crippen LogP contribution in [-0.4, -0.2) is 20.0 Å². The van der Waals surface area contributed by atoms with E-state index in [-0.39, 0.29) is 0 Å². The standard InChI is InChI=1S/C14H26O2/c1-2-3-4-5-6-7-8-9-10-14-11-15-13-16-12-14/h2,14H,1,3-13H2. The van der Waals surface area contributed by atoms with Crippen LogP contribution in [0.3, 0.4) is 0 Å². The molecule has 0 amide bonds. The summed E-state index contributed by atoms with van der Waals surface area (Å²) in [6.45, 7) is 6.04. The zero-order valence-corrected chi connectivity index (χ0v) is 10.5. The second kappa shape index (κ2) is 9.86. The molecule has 0 radical (unpaired) electrons. The van der Waals surface area contributed by atoms with E-state index in [1.54, 1.807) is 0 Å². The Labute approximate surface area is 100 Å². The number of unbranched alkanes of at least 4 members (excludes halogenated alkanes) is 6. The normalized spacial score (nSPS) is 17.5. The molecule has 0 aromatic heterocycles. The van der Waals surface area contributed by atoms with E-state index in [1.165, 1.54) is 51.4 Å². The highest BCUT2D eigenvalue weighted by atomic mass is 16.7. The monoisotopic (exact) mass is 226 g/mol. The van der Waals surface area contributed by atoms with E-state index in [0.29, 0.717) is 12.7 Å². The molecule has 0 aliphatic carbocycles. The lowest BCUT2D eigenvalue weighted by Crippen LogP contribution is -2.23. The molecule has 1 aliphatic rings. The van der Waals surface area contributed by atoms with Gasteiger partial charge in [-0.15, -0.1) is 6.58 Å². The molecule has 0 atom stereocenters. The third kappa shape index (κ3) is 7.02. The lowest BCUT2D eigenvalue weighted by atomic mass is 10.0. The fourth-order valence-corrected chi connectivity index (χ4v) is 2.13. The molecule has 1 fully saturated rings. The maximum atomic E-state index is 5.27. The van der Waals surface area contributed by atoms with Gasteiger partial charge in [0.2, 0.25) is 0 Å². The minimum atomic E-state index is 0.500. The molecule has 0 bridgehead atoms. The Bertz CT molecular complexity index is 162. The summed E-state index contributed by atoms with van der Waals surface area (Å²) in [5.41, 5.74) is 0. The highest BCUT2D eigenvalue weighted by molar-refractivity contribution is 4.65. The van der Waals surface area contributed by atoms with Gasteiger partial charge in [-0.25, -0.2) is 0 Å². The molecule has 1 rings (SSSR count). The van der Waals surface area contributed by atoms with Crippen LogP contribution in [0.1, 0.15) is 51.4 Å². The second-order valence-corrected chi connectivity index (χ2v) is 4.71. The molecule has 0 N–H and O–H groups in total. The lowest BCUT2D eigenvalue weighted by Gasteiger charge is -2.22. The fourth-order valence-electron chi connectivity index (χ4n) is 2.13. The van der Waals surface area contributed by atoms with Gasteiger partial charge in [-0.3, -0.25) is 0 Å². The van der Waals surface area contributed by atoms with Gasteiger partial charge in [0.25, 0.3) is 0 Å². The number of rotatable bonds is 9. The Morgan fingerprint density at radius 1 is 0.938 bits per heavy atom. The van der Waals surface area contributed by atoms with Gasteiger partial charge in [0.05, 0.1) is 13.2 Å². The van der Waals surface area contributed by atoms with Crippen molar-refractivity contribution in [3.8, 4) is 0 Å². The van der Waals surface area contributed by atoms with E-state index in [1.807, 2.05) is 6.08 Å². The van der Waals surface area contributed by atoms with E-state index < -0.39 is 0 Å². The molecular formula is C14H26O2. The smallest absolute Gasteiger partial charge is 0.146 e. The average Bonchev–Trinajstić information content (AvgIpc) is 2.34. The Morgan fingerprint density at radius 2 is 1.56 bits per heavy atom. The van der Waals surface area contributed by atoms with Crippen molar-refractivity contribution in [2.75, 3.05) is 20.0 Å². The molecule has 0 spiro atoms. The predicted octanol–water partition coefficient (Wildman–Crippen LogP) is 3.91. The lowest BCUT2D eigenvalue weighted by molar-refractivity contribution is -0.127. The molecule has 0 unspecified atom stereocenters.